The summed E-state index contributed by atoms with van der Waals surface area (Å²) in [6, 6.07) is 6.20. The fourth-order valence-electron chi connectivity index (χ4n) is 2.20. The molecule has 2 amide bonds. The summed E-state index contributed by atoms with van der Waals surface area (Å²) in [5, 5.41) is 14.2. The summed E-state index contributed by atoms with van der Waals surface area (Å²) in [7, 11) is 1.56. The summed E-state index contributed by atoms with van der Waals surface area (Å²) >= 11 is 0. The Labute approximate surface area is 136 Å². The number of benzene rings is 1. The summed E-state index contributed by atoms with van der Waals surface area (Å²) < 4.78 is 0. The Morgan fingerprint density at radius 2 is 2.00 bits per heavy atom. The first-order valence-corrected chi connectivity index (χ1v) is 7.81. The Bertz CT molecular complexity index is 557. The average molecular weight is 320 g/mol. The topological polar surface area (TPSA) is 95.5 Å². The Morgan fingerprint density at radius 3 is 2.61 bits per heavy atom. The van der Waals surface area contributed by atoms with E-state index in [9.17, 15) is 14.4 Å². The molecule has 3 N–H and O–H groups in total. The van der Waals surface area contributed by atoms with Crippen LogP contribution in [0.2, 0.25) is 0 Å². The van der Waals surface area contributed by atoms with E-state index in [2.05, 4.69) is 10.6 Å². The highest BCUT2D eigenvalue weighted by molar-refractivity contribution is 5.94. The molecule has 0 spiro atoms. The number of carboxylic acid groups (broad SMARTS) is 1. The second-order valence-electron chi connectivity index (χ2n) is 5.38. The third kappa shape index (κ3) is 6.50. The molecule has 0 saturated heterocycles. The maximum Gasteiger partial charge on any atom is 0.326 e. The molecule has 0 heterocycles. The van der Waals surface area contributed by atoms with Crippen LogP contribution in [-0.4, -0.2) is 36.0 Å². The predicted octanol–water partition coefficient (Wildman–Crippen LogP) is 1.74. The second kappa shape index (κ2) is 9.61. The van der Waals surface area contributed by atoms with Crippen molar-refractivity contribution in [3.8, 4) is 0 Å². The maximum absolute atomic E-state index is 11.9. The van der Waals surface area contributed by atoms with Crippen LogP contribution in [0.3, 0.4) is 0 Å². The molecular formula is C17H24N2O4. The van der Waals surface area contributed by atoms with Crippen molar-refractivity contribution in [2.24, 2.45) is 0 Å². The van der Waals surface area contributed by atoms with Gasteiger partial charge in [0, 0.05) is 19.0 Å². The molecule has 1 unspecified atom stereocenters. The van der Waals surface area contributed by atoms with Gasteiger partial charge in [-0.3, -0.25) is 9.59 Å². The lowest BCUT2D eigenvalue weighted by Gasteiger charge is -2.14. The lowest BCUT2D eigenvalue weighted by molar-refractivity contribution is -0.142. The summed E-state index contributed by atoms with van der Waals surface area (Å²) in [6.07, 6.45) is 2.71. The minimum atomic E-state index is -1.01. The first-order valence-electron chi connectivity index (χ1n) is 7.81. The van der Waals surface area contributed by atoms with Gasteiger partial charge in [0.1, 0.15) is 6.04 Å². The zero-order valence-corrected chi connectivity index (χ0v) is 13.6. The molecule has 0 bridgehead atoms. The van der Waals surface area contributed by atoms with Crippen LogP contribution in [-0.2, 0) is 16.0 Å². The van der Waals surface area contributed by atoms with Crippen LogP contribution in [0.5, 0.6) is 0 Å². The number of aliphatic carboxylic acids is 1. The fourth-order valence-corrected chi connectivity index (χ4v) is 2.20. The number of carbonyl (C=O) groups excluding carboxylic acids is 2. The normalized spacial score (nSPS) is 11.6. The van der Waals surface area contributed by atoms with Gasteiger partial charge in [0.25, 0.3) is 5.91 Å². The van der Waals surface area contributed by atoms with Crippen molar-refractivity contribution >= 4 is 17.8 Å². The summed E-state index contributed by atoms with van der Waals surface area (Å²) in [5.41, 5.74) is 1.40. The zero-order valence-electron chi connectivity index (χ0n) is 13.6. The number of carbonyl (C=O) groups is 3. The largest absolute Gasteiger partial charge is 0.480 e. The molecule has 6 heteroatoms. The molecule has 1 rings (SSSR count). The zero-order chi connectivity index (χ0) is 17.2. The van der Waals surface area contributed by atoms with Gasteiger partial charge in [-0.2, -0.15) is 0 Å². The smallest absolute Gasteiger partial charge is 0.326 e. The van der Waals surface area contributed by atoms with E-state index in [4.69, 9.17) is 5.11 Å². The molecule has 1 atom stereocenters. The molecule has 0 aromatic heterocycles. The highest BCUT2D eigenvalue weighted by Gasteiger charge is 2.18. The molecule has 0 saturated carbocycles. The molecule has 6 nitrogen and oxygen atoms in total. The number of hydrogen-bond donors (Lipinski definition) is 3. The maximum atomic E-state index is 11.9. The van der Waals surface area contributed by atoms with Crippen molar-refractivity contribution in [3.05, 3.63) is 35.4 Å². The van der Waals surface area contributed by atoms with Crippen molar-refractivity contribution in [2.45, 2.75) is 45.1 Å². The Kier molecular flexibility index (Phi) is 7.80. The van der Waals surface area contributed by atoms with E-state index in [1.165, 1.54) is 0 Å². The average Bonchev–Trinajstić information content (AvgIpc) is 2.56. The van der Waals surface area contributed by atoms with Crippen LogP contribution in [0.4, 0.5) is 0 Å². The van der Waals surface area contributed by atoms with Gasteiger partial charge in [0.15, 0.2) is 0 Å². The number of aryl methyl sites for hydroxylation is 1. The van der Waals surface area contributed by atoms with Gasteiger partial charge in [-0.25, -0.2) is 4.79 Å². The minimum Gasteiger partial charge on any atom is -0.480 e. The number of unbranched alkanes of at least 4 members (excludes halogenated alkanes) is 1. The standard InChI is InChI=1S/C17H24N2O4/c1-3-4-8-14(17(22)23)19-15(20)10-9-12-6-5-7-13(11-12)16(21)18-2/h5-7,11,14H,3-4,8-10H2,1-2H3,(H,18,21)(H,19,20)(H,22,23). The molecule has 0 radical (unpaired) electrons. The van der Waals surface area contributed by atoms with Gasteiger partial charge >= 0.3 is 5.97 Å². The van der Waals surface area contributed by atoms with E-state index >= 15 is 0 Å². The van der Waals surface area contributed by atoms with E-state index in [0.717, 1.165) is 18.4 Å². The van der Waals surface area contributed by atoms with Gasteiger partial charge in [0.05, 0.1) is 0 Å². The Hall–Kier alpha value is -2.37. The first kappa shape index (κ1) is 18.7. The van der Waals surface area contributed by atoms with Crippen LogP contribution in [0.25, 0.3) is 0 Å². The minimum absolute atomic E-state index is 0.179. The lowest BCUT2D eigenvalue weighted by atomic mass is 10.1. The third-order valence-electron chi connectivity index (χ3n) is 3.54. The molecule has 0 fully saturated rings. The molecular weight excluding hydrogens is 296 g/mol. The van der Waals surface area contributed by atoms with Crippen molar-refractivity contribution in [1.29, 1.82) is 0 Å². The van der Waals surface area contributed by atoms with Crippen LogP contribution in [0.15, 0.2) is 24.3 Å². The molecule has 0 aliphatic heterocycles. The number of amides is 2. The molecule has 126 valence electrons. The molecule has 0 aliphatic carbocycles. The van der Waals surface area contributed by atoms with Gasteiger partial charge in [-0.15, -0.1) is 0 Å². The fraction of sp³-hybridized carbons (Fsp3) is 0.471. The second-order valence-corrected chi connectivity index (χ2v) is 5.38. The van der Waals surface area contributed by atoms with Crippen LogP contribution < -0.4 is 10.6 Å². The summed E-state index contributed by atoms with van der Waals surface area (Å²) in [5.74, 6) is -1.48. The lowest BCUT2D eigenvalue weighted by Crippen LogP contribution is -2.40. The van der Waals surface area contributed by atoms with Crippen LogP contribution >= 0.6 is 0 Å². The van der Waals surface area contributed by atoms with E-state index in [0.29, 0.717) is 18.4 Å². The van der Waals surface area contributed by atoms with Crippen molar-refractivity contribution in [2.75, 3.05) is 7.05 Å². The molecule has 1 aromatic carbocycles. The van der Waals surface area contributed by atoms with Gasteiger partial charge < -0.3 is 15.7 Å². The van der Waals surface area contributed by atoms with E-state index in [1.807, 2.05) is 13.0 Å². The summed E-state index contributed by atoms with van der Waals surface area (Å²) in [6.45, 7) is 1.97. The third-order valence-corrected chi connectivity index (χ3v) is 3.54. The molecule has 23 heavy (non-hydrogen) atoms. The van der Waals surface area contributed by atoms with E-state index in [1.54, 1.807) is 25.2 Å². The SMILES string of the molecule is CCCCC(NC(=O)CCc1cccc(C(=O)NC)c1)C(=O)O. The van der Waals surface area contributed by atoms with Gasteiger partial charge in [0.2, 0.25) is 5.91 Å². The molecule has 1 aromatic rings. The number of nitrogens with one attached hydrogen (secondary N) is 2. The van der Waals surface area contributed by atoms with Crippen molar-refractivity contribution < 1.29 is 19.5 Å². The van der Waals surface area contributed by atoms with Gasteiger partial charge in [-0.05, 0) is 30.5 Å². The van der Waals surface area contributed by atoms with Gasteiger partial charge in [-0.1, -0.05) is 31.9 Å². The number of carboxylic acids is 1. The highest BCUT2D eigenvalue weighted by Crippen LogP contribution is 2.08. The monoisotopic (exact) mass is 320 g/mol. The number of hydrogen-bond acceptors (Lipinski definition) is 3. The Morgan fingerprint density at radius 1 is 1.26 bits per heavy atom. The van der Waals surface area contributed by atoms with E-state index in [-0.39, 0.29) is 18.2 Å². The quantitative estimate of drug-likeness (QED) is 0.646. The Balaban J connectivity index is 2.55. The molecule has 0 aliphatic rings. The predicted molar refractivity (Wildman–Crippen MR) is 87.2 cm³/mol. The number of rotatable bonds is 9. The summed E-state index contributed by atoms with van der Waals surface area (Å²) in [4.78, 5) is 34.6. The first-order chi connectivity index (χ1) is 11.0. The van der Waals surface area contributed by atoms with Crippen LogP contribution in [0.1, 0.15) is 48.5 Å². The van der Waals surface area contributed by atoms with Crippen LogP contribution in [0, 0.1) is 0 Å². The highest BCUT2D eigenvalue weighted by atomic mass is 16.4. The van der Waals surface area contributed by atoms with Crippen molar-refractivity contribution in [1.82, 2.24) is 10.6 Å². The van der Waals surface area contributed by atoms with E-state index < -0.39 is 12.0 Å². The van der Waals surface area contributed by atoms with Crippen molar-refractivity contribution in [3.63, 3.8) is 0 Å².